The standard InChI is InChI=1S/C21H19NO5S/c1-2-13-27-19-10-8-18(9-11-19)22(15-21(23)24)28(25,26)20-12-7-16-5-3-4-6-17(16)14-20/h2-12,14H,1,13,15H2,(H,23,24). The lowest BCUT2D eigenvalue weighted by atomic mass is 10.1. The van der Waals surface area contributed by atoms with Crippen molar-refractivity contribution in [1.29, 1.82) is 0 Å². The van der Waals surface area contributed by atoms with Crippen molar-refractivity contribution in [2.45, 2.75) is 4.90 Å². The molecule has 0 saturated carbocycles. The van der Waals surface area contributed by atoms with E-state index in [-0.39, 0.29) is 10.6 Å². The number of nitrogens with zero attached hydrogens (tertiary/aromatic N) is 1. The average Bonchev–Trinajstić information content (AvgIpc) is 2.70. The number of anilines is 1. The van der Waals surface area contributed by atoms with Crippen LogP contribution in [-0.4, -0.2) is 32.6 Å². The van der Waals surface area contributed by atoms with E-state index in [1.54, 1.807) is 30.3 Å². The van der Waals surface area contributed by atoms with Gasteiger partial charge in [-0.05, 0) is 47.2 Å². The maximum atomic E-state index is 13.2. The largest absolute Gasteiger partial charge is 0.490 e. The first-order valence-electron chi connectivity index (χ1n) is 8.49. The Kier molecular flexibility index (Phi) is 5.65. The van der Waals surface area contributed by atoms with E-state index >= 15 is 0 Å². The fourth-order valence-electron chi connectivity index (χ4n) is 2.76. The van der Waals surface area contributed by atoms with Crippen LogP contribution in [0, 0.1) is 0 Å². The number of benzene rings is 3. The Morgan fingerprint density at radius 3 is 2.36 bits per heavy atom. The molecule has 0 spiro atoms. The quantitative estimate of drug-likeness (QED) is 0.586. The van der Waals surface area contributed by atoms with Gasteiger partial charge in [-0.1, -0.05) is 43.0 Å². The number of hydrogen-bond acceptors (Lipinski definition) is 4. The molecule has 144 valence electrons. The van der Waals surface area contributed by atoms with Crippen molar-refractivity contribution >= 4 is 32.5 Å². The van der Waals surface area contributed by atoms with Crippen molar-refractivity contribution in [1.82, 2.24) is 0 Å². The van der Waals surface area contributed by atoms with Crippen LogP contribution in [0.2, 0.25) is 0 Å². The van der Waals surface area contributed by atoms with E-state index in [0.29, 0.717) is 12.4 Å². The number of carboxylic acids is 1. The van der Waals surface area contributed by atoms with E-state index in [4.69, 9.17) is 4.74 Å². The van der Waals surface area contributed by atoms with Gasteiger partial charge in [0, 0.05) is 0 Å². The number of rotatable bonds is 8. The molecule has 0 amide bonds. The Morgan fingerprint density at radius 1 is 1.04 bits per heavy atom. The third-order valence-corrected chi connectivity index (χ3v) is 5.85. The van der Waals surface area contributed by atoms with Crippen LogP contribution >= 0.6 is 0 Å². The van der Waals surface area contributed by atoms with Gasteiger partial charge < -0.3 is 9.84 Å². The number of ether oxygens (including phenoxy) is 1. The number of hydrogen-bond donors (Lipinski definition) is 1. The molecule has 0 aliphatic heterocycles. The van der Waals surface area contributed by atoms with Crippen molar-refractivity contribution in [2.75, 3.05) is 17.5 Å². The summed E-state index contributed by atoms with van der Waals surface area (Å²) in [4.78, 5) is 11.4. The Balaban J connectivity index is 2.01. The molecule has 1 N–H and O–H groups in total. The summed E-state index contributed by atoms with van der Waals surface area (Å²) < 4.78 is 32.6. The van der Waals surface area contributed by atoms with Crippen LogP contribution in [-0.2, 0) is 14.8 Å². The molecule has 6 nitrogen and oxygen atoms in total. The number of fused-ring (bicyclic) bond motifs is 1. The highest BCUT2D eigenvalue weighted by Crippen LogP contribution is 2.27. The highest BCUT2D eigenvalue weighted by atomic mass is 32.2. The fourth-order valence-corrected chi connectivity index (χ4v) is 4.21. The number of sulfonamides is 1. The van der Waals surface area contributed by atoms with E-state index in [2.05, 4.69) is 6.58 Å². The highest BCUT2D eigenvalue weighted by Gasteiger charge is 2.27. The molecule has 0 radical (unpaired) electrons. The maximum Gasteiger partial charge on any atom is 0.324 e. The molecule has 3 rings (SSSR count). The number of carbonyl (C=O) groups is 1. The Labute approximate surface area is 163 Å². The average molecular weight is 397 g/mol. The third kappa shape index (κ3) is 4.15. The van der Waals surface area contributed by atoms with Gasteiger partial charge in [0.15, 0.2) is 0 Å². The molecule has 0 atom stereocenters. The van der Waals surface area contributed by atoms with Gasteiger partial charge in [-0.15, -0.1) is 0 Å². The van der Waals surface area contributed by atoms with Crippen molar-refractivity contribution in [3.63, 3.8) is 0 Å². The molecule has 3 aromatic carbocycles. The van der Waals surface area contributed by atoms with Gasteiger partial charge in [0.2, 0.25) is 0 Å². The molecule has 0 bridgehead atoms. The first-order chi connectivity index (χ1) is 13.4. The van der Waals surface area contributed by atoms with Crippen LogP contribution in [0.4, 0.5) is 5.69 Å². The van der Waals surface area contributed by atoms with Gasteiger partial charge in [0.25, 0.3) is 10.0 Å². The van der Waals surface area contributed by atoms with Gasteiger partial charge in [-0.25, -0.2) is 8.42 Å². The summed E-state index contributed by atoms with van der Waals surface area (Å²) in [5.74, 6) is -0.724. The summed E-state index contributed by atoms with van der Waals surface area (Å²) in [5.41, 5.74) is 0.238. The third-order valence-electron chi connectivity index (χ3n) is 4.08. The second kappa shape index (κ2) is 8.14. The molecule has 0 fully saturated rings. The topological polar surface area (TPSA) is 83.9 Å². The minimum atomic E-state index is -4.07. The van der Waals surface area contributed by atoms with E-state index in [9.17, 15) is 18.3 Å². The molecule has 0 unspecified atom stereocenters. The van der Waals surface area contributed by atoms with E-state index in [1.807, 2.05) is 24.3 Å². The number of carboxylic acid groups (broad SMARTS) is 1. The lowest BCUT2D eigenvalue weighted by molar-refractivity contribution is -0.135. The lowest BCUT2D eigenvalue weighted by Gasteiger charge is -2.23. The SMILES string of the molecule is C=CCOc1ccc(N(CC(=O)O)S(=O)(=O)c2ccc3ccccc3c2)cc1. The van der Waals surface area contributed by atoms with Crippen LogP contribution in [0.5, 0.6) is 5.75 Å². The van der Waals surface area contributed by atoms with Crippen molar-refractivity contribution < 1.29 is 23.1 Å². The molecular weight excluding hydrogens is 378 g/mol. The van der Waals surface area contributed by atoms with Crippen molar-refractivity contribution in [3.05, 3.63) is 79.4 Å². The molecule has 7 heteroatoms. The summed E-state index contributed by atoms with van der Waals surface area (Å²) in [6, 6.07) is 18.3. The first-order valence-corrected chi connectivity index (χ1v) is 9.93. The molecule has 0 heterocycles. The zero-order valence-corrected chi connectivity index (χ0v) is 15.8. The second-order valence-corrected chi connectivity index (χ2v) is 7.87. The van der Waals surface area contributed by atoms with E-state index in [0.717, 1.165) is 15.1 Å². The molecule has 3 aromatic rings. The Bertz CT molecular complexity index is 1110. The Morgan fingerprint density at radius 2 is 1.71 bits per heavy atom. The summed E-state index contributed by atoms with van der Waals surface area (Å²) in [7, 11) is -4.07. The van der Waals surface area contributed by atoms with Gasteiger partial charge in [-0.2, -0.15) is 0 Å². The van der Waals surface area contributed by atoms with E-state index in [1.165, 1.54) is 18.2 Å². The Hall–Kier alpha value is -3.32. The van der Waals surface area contributed by atoms with Crippen LogP contribution in [0.3, 0.4) is 0 Å². The predicted octanol–water partition coefficient (Wildman–Crippen LogP) is 3.68. The first kappa shape index (κ1) is 19.4. The second-order valence-electron chi connectivity index (χ2n) is 6.01. The van der Waals surface area contributed by atoms with E-state index < -0.39 is 22.5 Å². The summed E-state index contributed by atoms with van der Waals surface area (Å²) in [6.45, 7) is 3.18. The van der Waals surface area contributed by atoms with Gasteiger partial charge in [-0.3, -0.25) is 9.10 Å². The summed E-state index contributed by atoms with van der Waals surface area (Å²) in [6.07, 6.45) is 1.59. The van der Waals surface area contributed by atoms with Crippen LogP contribution in [0.25, 0.3) is 10.8 Å². The molecule has 0 saturated heterocycles. The van der Waals surface area contributed by atoms with Crippen LogP contribution < -0.4 is 9.04 Å². The van der Waals surface area contributed by atoms with Crippen LogP contribution in [0.15, 0.2) is 84.3 Å². The fraction of sp³-hybridized carbons (Fsp3) is 0.0952. The monoisotopic (exact) mass is 397 g/mol. The van der Waals surface area contributed by atoms with Gasteiger partial charge in [0.1, 0.15) is 18.9 Å². The lowest BCUT2D eigenvalue weighted by Crippen LogP contribution is -2.35. The number of aliphatic carboxylic acids is 1. The molecule has 0 aliphatic carbocycles. The molecule has 28 heavy (non-hydrogen) atoms. The molecule has 0 aromatic heterocycles. The van der Waals surface area contributed by atoms with Crippen LogP contribution in [0.1, 0.15) is 0 Å². The summed E-state index contributed by atoms with van der Waals surface area (Å²) >= 11 is 0. The predicted molar refractivity (Wildman–Crippen MR) is 108 cm³/mol. The minimum Gasteiger partial charge on any atom is -0.490 e. The normalized spacial score (nSPS) is 11.1. The van der Waals surface area contributed by atoms with Crippen molar-refractivity contribution in [2.24, 2.45) is 0 Å². The highest BCUT2D eigenvalue weighted by molar-refractivity contribution is 7.92. The van der Waals surface area contributed by atoms with Crippen molar-refractivity contribution in [3.8, 4) is 5.75 Å². The molecular formula is C21H19NO5S. The zero-order chi connectivity index (χ0) is 20.1. The van der Waals surface area contributed by atoms with Gasteiger partial charge in [0.05, 0.1) is 10.6 Å². The minimum absolute atomic E-state index is 0.0273. The summed E-state index contributed by atoms with van der Waals surface area (Å²) in [5, 5.41) is 10.9. The molecule has 0 aliphatic rings. The zero-order valence-electron chi connectivity index (χ0n) is 15.0. The maximum absolute atomic E-state index is 13.2. The smallest absolute Gasteiger partial charge is 0.324 e. The van der Waals surface area contributed by atoms with Gasteiger partial charge >= 0.3 is 5.97 Å².